The molecule has 3 rings (SSSR count). The highest BCUT2D eigenvalue weighted by Crippen LogP contribution is 2.36. The van der Waals surface area contributed by atoms with Crippen LogP contribution >= 0.6 is 11.6 Å². The van der Waals surface area contributed by atoms with E-state index in [1.807, 2.05) is 4.90 Å². The maximum atomic E-state index is 14.1. The third-order valence-corrected chi connectivity index (χ3v) is 5.06. The first-order valence-corrected chi connectivity index (χ1v) is 7.99. The monoisotopic (exact) mass is 310 g/mol. The second kappa shape index (κ2) is 5.93. The van der Waals surface area contributed by atoms with Gasteiger partial charge in [0.2, 0.25) is 0 Å². The first kappa shape index (κ1) is 14.8. The van der Waals surface area contributed by atoms with E-state index in [2.05, 4.69) is 5.32 Å². The van der Waals surface area contributed by atoms with Crippen LogP contribution in [0.25, 0.3) is 0 Å². The molecule has 1 aromatic rings. The Bertz CT molecular complexity index is 515. The molecule has 1 saturated carbocycles. The zero-order valence-corrected chi connectivity index (χ0v) is 12.8. The summed E-state index contributed by atoms with van der Waals surface area (Å²) in [5.74, 6) is -0.793. The summed E-state index contributed by atoms with van der Waals surface area (Å²) in [7, 11) is 0. The lowest BCUT2D eigenvalue weighted by Crippen LogP contribution is -2.63. The number of nitrogens with zero attached hydrogens (tertiary/aromatic N) is 1. The van der Waals surface area contributed by atoms with E-state index in [1.54, 1.807) is 6.07 Å². The fraction of sp³-hybridized carbons (Fsp3) is 0.562. The predicted molar refractivity (Wildman–Crippen MR) is 81.1 cm³/mol. The standard InChI is InChI=1S/C16H20ClFN2O/c17-12-5-4-6-13(18)14(12)15(21)20-10-9-19-11-16(20)7-2-1-3-8-16/h4-6,19H,1-3,7-11H2. The Kier molecular flexibility index (Phi) is 4.18. The van der Waals surface area contributed by atoms with Crippen LogP contribution in [0.4, 0.5) is 4.39 Å². The van der Waals surface area contributed by atoms with Crippen LogP contribution in [0.1, 0.15) is 42.5 Å². The van der Waals surface area contributed by atoms with E-state index >= 15 is 0 Å². The van der Waals surface area contributed by atoms with Crippen LogP contribution in [-0.4, -0.2) is 36.0 Å². The van der Waals surface area contributed by atoms with Gasteiger partial charge in [-0.15, -0.1) is 0 Å². The molecule has 1 aromatic carbocycles. The van der Waals surface area contributed by atoms with Crippen LogP contribution in [0.5, 0.6) is 0 Å². The third kappa shape index (κ3) is 2.67. The highest BCUT2D eigenvalue weighted by Gasteiger charge is 2.43. The van der Waals surface area contributed by atoms with Crippen molar-refractivity contribution >= 4 is 17.5 Å². The van der Waals surface area contributed by atoms with Gasteiger partial charge in [-0.25, -0.2) is 4.39 Å². The van der Waals surface area contributed by atoms with Crippen molar-refractivity contribution in [3.8, 4) is 0 Å². The Balaban J connectivity index is 1.95. The number of nitrogens with one attached hydrogen (secondary N) is 1. The number of carbonyl (C=O) groups is 1. The van der Waals surface area contributed by atoms with E-state index < -0.39 is 5.82 Å². The van der Waals surface area contributed by atoms with Gasteiger partial charge >= 0.3 is 0 Å². The third-order valence-electron chi connectivity index (χ3n) is 4.74. The smallest absolute Gasteiger partial charge is 0.258 e. The van der Waals surface area contributed by atoms with Crippen molar-refractivity contribution in [2.45, 2.75) is 37.6 Å². The van der Waals surface area contributed by atoms with Gasteiger partial charge in [-0.1, -0.05) is 36.9 Å². The summed E-state index contributed by atoms with van der Waals surface area (Å²) in [6, 6.07) is 4.41. The molecule has 114 valence electrons. The predicted octanol–water partition coefficient (Wildman–Crippen LogP) is 3.23. The second-order valence-corrected chi connectivity index (χ2v) is 6.42. The van der Waals surface area contributed by atoms with Crippen LogP contribution in [0, 0.1) is 5.82 Å². The Labute approximate surface area is 129 Å². The summed E-state index contributed by atoms with van der Waals surface area (Å²) < 4.78 is 14.1. The number of rotatable bonds is 1. The highest BCUT2D eigenvalue weighted by molar-refractivity contribution is 6.33. The second-order valence-electron chi connectivity index (χ2n) is 6.02. The van der Waals surface area contributed by atoms with Crippen LogP contribution in [0.15, 0.2) is 18.2 Å². The van der Waals surface area contributed by atoms with Gasteiger partial charge in [-0.2, -0.15) is 0 Å². The molecule has 2 fully saturated rings. The van der Waals surface area contributed by atoms with E-state index in [0.717, 1.165) is 38.8 Å². The Morgan fingerprint density at radius 2 is 2.05 bits per heavy atom. The number of hydrogen-bond donors (Lipinski definition) is 1. The summed E-state index contributed by atoms with van der Waals surface area (Å²) in [6.07, 6.45) is 5.42. The average molecular weight is 311 g/mol. The number of benzene rings is 1. The van der Waals surface area contributed by atoms with Gasteiger partial charge in [-0.05, 0) is 25.0 Å². The van der Waals surface area contributed by atoms with E-state index in [-0.39, 0.29) is 22.0 Å². The number of carbonyl (C=O) groups excluding carboxylic acids is 1. The molecule has 1 aliphatic carbocycles. The largest absolute Gasteiger partial charge is 0.330 e. The number of halogens is 2. The van der Waals surface area contributed by atoms with E-state index in [0.29, 0.717) is 6.54 Å². The van der Waals surface area contributed by atoms with Gasteiger partial charge in [0.05, 0.1) is 16.1 Å². The molecule has 3 nitrogen and oxygen atoms in total. The molecule has 0 aromatic heterocycles. The van der Waals surface area contributed by atoms with Crippen LogP contribution in [0.3, 0.4) is 0 Å². The number of amides is 1. The maximum absolute atomic E-state index is 14.1. The number of piperazine rings is 1. The molecule has 21 heavy (non-hydrogen) atoms. The first-order chi connectivity index (χ1) is 10.1. The average Bonchev–Trinajstić information content (AvgIpc) is 2.48. The van der Waals surface area contributed by atoms with Crippen LogP contribution < -0.4 is 5.32 Å². The van der Waals surface area contributed by atoms with Crippen LogP contribution in [0.2, 0.25) is 5.02 Å². The van der Waals surface area contributed by atoms with Crippen molar-refractivity contribution in [2.75, 3.05) is 19.6 Å². The molecule has 1 N–H and O–H groups in total. The van der Waals surface area contributed by atoms with Gasteiger partial charge < -0.3 is 10.2 Å². The van der Waals surface area contributed by atoms with Gasteiger partial charge in [0, 0.05) is 19.6 Å². The molecule has 1 amide bonds. The summed E-state index contributed by atoms with van der Waals surface area (Å²) in [5.41, 5.74) is -0.148. The minimum atomic E-state index is -0.531. The normalized spacial score (nSPS) is 21.5. The Morgan fingerprint density at radius 1 is 1.29 bits per heavy atom. The number of hydrogen-bond acceptors (Lipinski definition) is 2. The molecule has 5 heteroatoms. The first-order valence-electron chi connectivity index (χ1n) is 7.61. The van der Waals surface area contributed by atoms with Crippen LogP contribution in [-0.2, 0) is 0 Å². The van der Waals surface area contributed by atoms with Crippen molar-refractivity contribution in [2.24, 2.45) is 0 Å². The van der Waals surface area contributed by atoms with Crippen molar-refractivity contribution in [3.63, 3.8) is 0 Å². The van der Waals surface area contributed by atoms with Crippen molar-refractivity contribution in [1.82, 2.24) is 10.2 Å². The minimum Gasteiger partial charge on any atom is -0.330 e. The van der Waals surface area contributed by atoms with Crippen molar-refractivity contribution < 1.29 is 9.18 Å². The summed E-state index contributed by atoms with van der Waals surface area (Å²) in [5, 5.41) is 3.59. The lowest BCUT2D eigenvalue weighted by molar-refractivity contribution is 0.0219. The van der Waals surface area contributed by atoms with E-state index in [4.69, 9.17) is 11.6 Å². The summed E-state index contributed by atoms with van der Waals surface area (Å²) >= 11 is 6.07. The fourth-order valence-electron chi connectivity index (χ4n) is 3.66. The lowest BCUT2D eigenvalue weighted by atomic mass is 9.78. The molecule has 0 unspecified atom stereocenters. The quantitative estimate of drug-likeness (QED) is 0.864. The SMILES string of the molecule is O=C(c1c(F)cccc1Cl)N1CCNCC12CCCCC2. The summed E-state index contributed by atoms with van der Waals surface area (Å²) in [6.45, 7) is 2.16. The van der Waals surface area contributed by atoms with Crippen molar-refractivity contribution in [1.29, 1.82) is 0 Å². The molecule has 1 spiro atoms. The molecule has 1 saturated heterocycles. The van der Waals surface area contributed by atoms with Gasteiger partial charge in [0.25, 0.3) is 5.91 Å². The topological polar surface area (TPSA) is 32.3 Å². The molecule has 1 heterocycles. The van der Waals surface area contributed by atoms with Crippen molar-refractivity contribution in [3.05, 3.63) is 34.6 Å². The minimum absolute atomic E-state index is 0.0195. The molecule has 0 atom stereocenters. The summed E-state index contributed by atoms with van der Waals surface area (Å²) in [4.78, 5) is 14.8. The van der Waals surface area contributed by atoms with E-state index in [9.17, 15) is 9.18 Å². The zero-order valence-electron chi connectivity index (χ0n) is 12.0. The Hall–Kier alpha value is -1.13. The van der Waals surface area contributed by atoms with Gasteiger partial charge in [-0.3, -0.25) is 4.79 Å². The zero-order chi connectivity index (χ0) is 14.9. The highest BCUT2D eigenvalue weighted by atomic mass is 35.5. The molecule has 0 bridgehead atoms. The van der Waals surface area contributed by atoms with E-state index in [1.165, 1.54) is 18.6 Å². The van der Waals surface area contributed by atoms with Gasteiger partial charge in [0.1, 0.15) is 5.82 Å². The molecule has 0 radical (unpaired) electrons. The molecular weight excluding hydrogens is 291 g/mol. The Morgan fingerprint density at radius 3 is 2.76 bits per heavy atom. The lowest BCUT2D eigenvalue weighted by Gasteiger charge is -2.50. The molecular formula is C16H20ClFN2O. The molecule has 1 aliphatic heterocycles. The maximum Gasteiger partial charge on any atom is 0.258 e. The molecule has 2 aliphatic rings. The van der Waals surface area contributed by atoms with Gasteiger partial charge in [0.15, 0.2) is 0 Å². The fourth-order valence-corrected chi connectivity index (χ4v) is 3.90.